The number of carboxylic acid groups (broad SMARTS) is 1. The van der Waals surface area contributed by atoms with Gasteiger partial charge < -0.3 is 10.4 Å². The van der Waals surface area contributed by atoms with Crippen LogP contribution in [0.15, 0.2) is 6.07 Å². The Morgan fingerprint density at radius 3 is 2.79 bits per heavy atom. The Hall–Kier alpha value is -2.09. The van der Waals surface area contributed by atoms with Crippen LogP contribution in [0.3, 0.4) is 0 Å². The second-order valence-electron chi connectivity index (χ2n) is 2.68. The Morgan fingerprint density at radius 1 is 1.71 bits per heavy atom. The summed E-state index contributed by atoms with van der Waals surface area (Å²) in [5.41, 5.74) is 0.804. The summed E-state index contributed by atoms with van der Waals surface area (Å²) in [5.74, 6) is -0.827. The first-order chi connectivity index (χ1) is 6.60. The normalized spacial score (nSPS) is 9.21. The van der Waals surface area contributed by atoms with Gasteiger partial charge in [-0.2, -0.15) is 5.26 Å². The average molecular weight is 191 g/mol. The van der Waals surface area contributed by atoms with E-state index >= 15 is 0 Å². The number of hydrogen-bond acceptors (Lipinski definition) is 4. The number of nitrogens with zero attached hydrogens (tertiary/aromatic N) is 2. The second kappa shape index (κ2) is 3.75. The predicted molar refractivity (Wildman–Crippen MR) is 50.2 cm³/mol. The van der Waals surface area contributed by atoms with Gasteiger partial charge in [0.05, 0.1) is 11.3 Å². The number of aryl methyl sites for hydroxylation is 1. The number of pyridine rings is 1. The number of anilines is 1. The number of rotatable bonds is 2. The molecule has 0 amide bonds. The fourth-order valence-corrected chi connectivity index (χ4v) is 1.07. The van der Waals surface area contributed by atoms with Crippen molar-refractivity contribution in [3.8, 4) is 6.07 Å². The molecule has 0 saturated heterocycles. The Morgan fingerprint density at radius 2 is 2.36 bits per heavy atom. The summed E-state index contributed by atoms with van der Waals surface area (Å²) in [4.78, 5) is 14.7. The van der Waals surface area contributed by atoms with Gasteiger partial charge >= 0.3 is 5.97 Å². The predicted octanol–water partition coefficient (Wildman–Crippen LogP) is 1.00. The SMILES string of the molecule is CNc1nc(C)c(C#N)cc1C(=O)O. The monoisotopic (exact) mass is 191 g/mol. The van der Waals surface area contributed by atoms with Crippen molar-refractivity contribution in [3.05, 3.63) is 22.9 Å². The smallest absolute Gasteiger partial charge is 0.339 e. The highest BCUT2D eigenvalue weighted by Gasteiger charge is 2.13. The number of nitrogens with one attached hydrogen (secondary N) is 1. The van der Waals surface area contributed by atoms with Crippen molar-refractivity contribution in [2.45, 2.75) is 6.92 Å². The van der Waals surface area contributed by atoms with Gasteiger partial charge in [-0.3, -0.25) is 0 Å². The van der Waals surface area contributed by atoms with Crippen LogP contribution in [0.25, 0.3) is 0 Å². The standard InChI is InChI=1S/C9H9N3O2/c1-5-6(4-10)3-7(9(13)14)8(11-2)12-5/h3H,1-2H3,(H,11,12)(H,13,14). The van der Waals surface area contributed by atoms with Crippen LogP contribution in [-0.4, -0.2) is 23.1 Å². The zero-order chi connectivity index (χ0) is 10.7. The molecular formula is C9H9N3O2. The van der Waals surface area contributed by atoms with Gasteiger partial charge in [0, 0.05) is 7.05 Å². The minimum absolute atomic E-state index is 0.00894. The zero-order valence-electron chi connectivity index (χ0n) is 7.83. The molecule has 1 aromatic heterocycles. The van der Waals surface area contributed by atoms with Crippen LogP contribution < -0.4 is 5.32 Å². The number of aromatic carboxylic acids is 1. The van der Waals surface area contributed by atoms with E-state index in [2.05, 4.69) is 10.3 Å². The fourth-order valence-electron chi connectivity index (χ4n) is 1.07. The van der Waals surface area contributed by atoms with Gasteiger partial charge in [0.2, 0.25) is 0 Å². The highest BCUT2D eigenvalue weighted by Crippen LogP contribution is 2.16. The molecule has 1 aromatic rings. The second-order valence-corrected chi connectivity index (χ2v) is 2.68. The molecular weight excluding hydrogens is 182 g/mol. The Bertz CT molecular complexity index is 421. The molecule has 0 saturated carbocycles. The minimum atomic E-state index is -1.10. The van der Waals surface area contributed by atoms with E-state index in [0.717, 1.165) is 0 Å². The lowest BCUT2D eigenvalue weighted by molar-refractivity contribution is 0.0697. The van der Waals surface area contributed by atoms with Crippen LogP contribution >= 0.6 is 0 Å². The van der Waals surface area contributed by atoms with Crippen molar-refractivity contribution in [1.82, 2.24) is 4.98 Å². The van der Waals surface area contributed by atoms with E-state index in [4.69, 9.17) is 10.4 Å². The lowest BCUT2D eigenvalue weighted by Crippen LogP contribution is -2.07. The molecule has 5 nitrogen and oxygen atoms in total. The first-order valence-electron chi connectivity index (χ1n) is 3.93. The summed E-state index contributed by atoms with van der Waals surface area (Å²) in [7, 11) is 1.58. The molecule has 72 valence electrons. The molecule has 14 heavy (non-hydrogen) atoms. The molecule has 0 aliphatic carbocycles. The quantitative estimate of drug-likeness (QED) is 0.728. The molecule has 1 heterocycles. The fraction of sp³-hybridized carbons (Fsp3) is 0.222. The van der Waals surface area contributed by atoms with E-state index in [0.29, 0.717) is 5.69 Å². The third-order valence-corrected chi connectivity index (χ3v) is 1.80. The maximum Gasteiger partial charge on any atom is 0.339 e. The average Bonchev–Trinajstić information content (AvgIpc) is 2.16. The van der Waals surface area contributed by atoms with E-state index in [1.807, 2.05) is 6.07 Å². The molecule has 0 aliphatic rings. The molecule has 0 spiro atoms. The minimum Gasteiger partial charge on any atom is -0.478 e. The first-order valence-corrected chi connectivity index (χ1v) is 3.93. The number of nitriles is 1. The van der Waals surface area contributed by atoms with Gasteiger partial charge in [-0.25, -0.2) is 9.78 Å². The number of carbonyl (C=O) groups is 1. The molecule has 2 N–H and O–H groups in total. The molecule has 0 aliphatic heterocycles. The van der Waals surface area contributed by atoms with E-state index < -0.39 is 5.97 Å². The van der Waals surface area contributed by atoms with E-state index in [-0.39, 0.29) is 16.9 Å². The molecule has 0 fully saturated rings. The van der Waals surface area contributed by atoms with Gasteiger partial charge in [0.25, 0.3) is 0 Å². The van der Waals surface area contributed by atoms with Crippen LogP contribution in [0, 0.1) is 18.3 Å². The third-order valence-electron chi connectivity index (χ3n) is 1.80. The Kier molecular flexibility index (Phi) is 2.67. The summed E-state index contributed by atoms with van der Waals surface area (Å²) < 4.78 is 0. The molecule has 0 unspecified atom stereocenters. The lowest BCUT2D eigenvalue weighted by atomic mass is 10.1. The molecule has 0 bridgehead atoms. The lowest BCUT2D eigenvalue weighted by Gasteiger charge is -2.06. The summed E-state index contributed by atoms with van der Waals surface area (Å²) in [5, 5.41) is 20.2. The van der Waals surface area contributed by atoms with Gasteiger partial charge in [0.15, 0.2) is 0 Å². The molecule has 0 radical (unpaired) electrons. The maximum atomic E-state index is 10.8. The van der Waals surface area contributed by atoms with Crippen LogP contribution in [0.5, 0.6) is 0 Å². The summed E-state index contributed by atoms with van der Waals surface area (Å²) in [6, 6.07) is 3.20. The molecule has 0 atom stereocenters. The molecule has 1 rings (SSSR count). The highest BCUT2D eigenvalue weighted by atomic mass is 16.4. The molecule has 0 aromatic carbocycles. The number of hydrogen-bond donors (Lipinski definition) is 2. The van der Waals surface area contributed by atoms with E-state index in [9.17, 15) is 4.79 Å². The number of carboxylic acids is 1. The van der Waals surface area contributed by atoms with Crippen molar-refractivity contribution in [2.75, 3.05) is 12.4 Å². The topological polar surface area (TPSA) is 86.0 Å². The van der Waals surface area contributed by atoms with Crippen molar-refractivity contribution >= 4 is 11.8 Å². The first kappa shape index (κ1) is 9.99. The number of aromatic nitrogens is 1. The van der Waals surface area contributed by atoms with Gasteiger partial charge in [-0.15, -0.1) is 0 Å². The van der Waals surface area contributed by atoms with E-state index in [1.54, 1.807) is 14.0 Å². The van der Waals surface area contributed by atoms with Gasteiger partial charge in [-0.05, 0) is 13.0 Å². The van der Waals surface area contributed by atoms with E-state index in [1.165, 1.54) is 6.07 Å². The molecule has 5 heteroatoms. The van der Waals surface area contributed by atoms with Gasteiger partial charge in [-0.1, -0.05) is 0 Å². The highest BCUT2D eigenvalue weighted by molar-refractivity contribution is 5.93. The van der Waals surface area contributed by atoms with Crippen LogP contribution in [-0.2, 0) is 0 Å². The summed E-state index contributed by atoms with van der Waals surface area (Å²) in [6.45, 7) is 1.66. The third kappa shape index (κ3) is 1.64. The van der Waals surface area contributed by atoms with Crippen molar-refractivity contribution in [2.24, 2.45) is 0 Å². The van der Waals surface area contributed by atoms with Crippen molar-refractivity contribution < 1.29 is 9.90 Å². The summed E-state index contributed by atoms with van der Waals surface area (Å²) >= 11 is 0. The summed E-state index contributed by atoms with van der Waals surface area (Å²) in [6.07, 6.45) is 0. The van der Waals surface area contributed by atoms with Crippen LogP contribution in [0.1, 0.15) is 21.6 Å². The largest absolute Gasteiger partial charge is 0.478 e. The van der Waals surface area contributed by atoms with Crippen molar-refractivity contribution in [3.63, 3.8) is 0 Å². The maximum absolute atomic E-state index is 10.8. The Labute approximate surface area is 81.0 Å². The Balaban J connectivity index is 3.42. The van der Waals surface area contributed by atoms with Crippen LogP contribution in [0.2, 0.25) is 0 Å². The van der Waals surface area contributed by atoms with Crippen LogP contribution in [0.4, 0.5) is 5.82 Å². The van der Waals surface area contributed by atoms with Gasteiger partial charge in [0.1, 0.15) is 17.5 Å². The zero-order valence-corrected chi connectivity index (χ0v) is 7.83. The van der Waals surface area contributed by atoms with Crippen molar-refractivity contribution in [1.29, 1.82) is 5.26 Å².